The molecule has 0 aliphatic carbocycles. The molecule has 3 aromatic rings. The summed E-state index contributed by atoms with van der Waals surface area (Å²) in [6.07, 6.45) is 0. The Balaban J connectivity index is 1.41. The highest BCUT2D eigenvalue weighted by atomic mass is 16.5. The number of nitrogens with zero attached hydrogens (tertiary/aromatic N) is 3. The number of hydrogen-bond acceptors (Lipinski definition) is 4. The summed E-state index contributed by atoms with van der Waals surface area (Å²) < 4.78 is 5.22. The first-order valence-electron chi connectivity index (χ1n) is 9.86. The molecule has 6 nitrogen and oxygen atoms in total. The van der Waals surface area contributed by atoms with E-state index in [1.165, 1.54) is 5.56 Å². The van der Waals surface area contributed by atoms with Crippen molar-refractivity contribution in [1.29, 1.82) is 0 Å². The number of anilines is 1. The molecular weight excluding hydrogens is 364 g/mol. The highest BCUT2D eigenvalue weighted by Crippen LogP contribution is 2.24. The van der Waals surface area contributed by atoms with Crippen molar-refractivity contribution in [3.05, 3.63) is 65.4 Å². The Morgan fingerprint density at radius 3 is 2.38 bits per heavy atom. The predicted molar refractivity (Wildman–Crippen MR) is 115 cm³/mol. The van der Waals surface area contributed by atoms with E-state index < -0.39 is 0 Å². The lowest BCUT2D eigenvalue weighted by molar-refractivity contribution is 0.0741. The maximum absolute atomic E-state index is 12.9. The largest absolute Gasteiger partial charge is 0.497 e. The Morgan fingerprint density at radius 1 is 1.00 bits per heavy atom. The van der Waals surface area contributed by atoms with E-state index in [-0.39, 0.29) is 5.91 Å². The van der Waals surface area contributed by atoms with Crippen LogP contribution in [0.4, 0.5) is 5.69 Å². The van der Waals surface area contributed by atoms with Gasteiger partial charge in [-0.1, -0.05) is 23.8 Å². The molecule has 0 atom stereocenters. The van der Waals surface area contributed by atoms with E-state index in [0.717, 1.165) is 41.3 Å². The zero-order valence-corrected chi connectivity index (χ0v) is 17.1. The van der Waals surface area contributed by atoms with Gasteiger partial charge in [0, 0.05) is 37.4 Å². The van der Waals surface area contributed by atoms with Crippen molar-refractivity contribution in [3.63, 3.8) is 0 Å². The second kappa shape index (κ2) is 7.99. The minimum Gasteiger partial charge on any atom is -0.497 e. The number of H-pyrrole nitrogens is 1. The molecule has 1 saturated heterocycles. The summed E-state index contributed by atoms with van der Waals surface area (Å²) in [5.41, 5.74) is 5.92. The summed E-state index contributed by atoms with van der Waals surface area (Å²) in [5.74, 6) is 0.851. The van der Waals surface area contributed by atoms with Crippen LogP contribution < -0.4 is 9.64 Å². The molecule has 1 amide bonds. The summed E-state index contributed by atoms with van der Waals surface area (Å²) in [6, 6.07) is 16.2. The summed E-state index contributed by atoms with van der Waals surface area (Å²) >= 11 is 0. The SMILES string of the molecule is COc1ccc(N2CCN(C(=O)c3cc(-c4ccc(C)cc4C)n[nH]3)CC2)cc1. The van der Waals surface area contributed by atoms with Crippen LogP contribution in [0.3, 0.4) is 0 Å². The van der Waals surface area contributed by atoms with Gasteiger partial charge in [-0.2, -0.15) is 5.10 Å². The second-order valence-electron chi connectivity index (χ2n) is 7.46. The highest BCUT2D eigenvalue weighted by molar-refractivity contribution is 5.93. The first-order chi connectivity index (χ1) is 14.0. The van der Waals surface area contributed by atoms with Crippen LogP contribution in [-0.4, -0.2) is 54.3 Å². The predicted octanol–water partition coefficient (Wildman–Crippen LogP) is 3.66. The van der Waals surface area contributed by atoms with Gasteiger partial charge in [-0.3, -0.25) is 9.89 Å². The number of hydrogen-bond donors (Lipinski definition) is 1. The van der Waals surface area contributed by atoms with Crippen molar-refractivity contribution >= 4 is 11.6 Å². The normalized spacial score (nSPS) is 14.2. The van der Waals surface area contributed by atoms with Crippen LogP contribution in [0.5, 0.6) is 5.75 Å². The number of aromatic amines is 1. The Morgan fingerprint density at radius 2 is 1.72 bits per heavy atom. The number of aryl methyl sites for hydroxylation is 2. The fourth-order valence-electron chi connectivity index (χ4n) is 3.80. The molecule has 0 radical (unpaired) electrons. The van der Waals surface area contributed by atoms with Crippen LogP contribution in [0.25, 0.3) is 11.3 Å². The van der Waals surface area contributed by atoms with Crippen molar-refractivity contribution < 1.29 is 9.53 Å². The zero-order chi connectivity index (χ0) is 20.4. The standard InChI is InChI=1S/C23H26N4O2/c1-16-4-9-20(17(2)14-16)21-15-22(25-24-21)23(28)27-12-10-26(11-13-27)18-5-7-19(29-3)8-6-18/h4-9,14-15H,10-13H2,1-3H3,(H,24,25). The van der Waals surface area contributed by atoms with Crippen LogP contribution in [0, 0.1) is 13.8 Å². The molecule has 2 heterocycles. The molecule has 0 bridgehead atoms. The average molecular weight is 390 g/mol. The first kappa shape index (κ1) is 19.1. The van der Waals surface area contributed by atoms with Crippen LogP contribution in [0.15, 0.2) is 48.5 Å². The van der Waals surface area contributed by atoms with Gasteiger partial charge in [0.25, 0.3) is 5.91 Å². The zero-order valence-electron chi connectivity index (χ0n) is 17.1. The second-order valence-corrected chi connectivity index (χ2v) is 7.46. The summed E-state index contributed by atoms with van der Waals surface area (Å²) in [4.78, 5) is 17.1. The van der Waals surface area contributed by atoms with Crippen molar-refractivity contribution in [1.82, 2.24) is 15.1 Å². The molecule has 29 heavy (non-hydrogen) atoms. The molecule has 2 aromatic carbocycles. The molecule has 0 spiro atoms. The molecule has 1 aliphatic heterocycles. The lowest BCUT2D eigenvalue weighted by Gasteiger charge is -2.35. The van der Waals surface area contributed by atoms with E-state index in [1.54, 1.807) is 7.11 Å². The third-order valence-corrected chi connectivity index (χ3v) is 5.47. The molecule has 6 heteroatoms. The Hall–Kier alpha value is -3.28. The van der Waals surface area contributed by atoms with Crippen LogP contribution in [0.1, 0.15) is 21.6 Å². The molecule has 0 unspecified atom stereocenters. The Bertz CT molecular complexity index is 1000. The van der Waals surface area contributed by atoms with E-state index >= 15 is 0 Å². The molecule has 0 saturated carbocycles. The monoisotopic (exact) mass is 390 g/mol. The third-order valence-electron chi connectivity index (χ3n) is 5.47. The van der Waals surface area contributed by atoms with Crippen molar-refractivity contribution in [2.75, 3.05) is 38.2 Å². The molecule has 1 N–H and O–H groups in total. The third kappa shape index (κ3) is 3.97. The number of carbonyl (C=O) groups excluding carboxylic acids is 1. The number of ether oxygens (including phenoxy) is 1. The van der Waals surface area contributed by atoms with E-state index in [0.29, 0.717) is 18.8 Å². The van der Waals surface area contributed by atoms with Crippen LogP contribution >= 0.6 is 0 Å². The number of nitrogens with one attached hydrogen (secondary N) is 1. The summed E-state index contributed by atoms with van der Waals surface area (Å²) in [6.45, 7) is 7.11. The fraction of sp³-hybridized carbons (Fsp3) is 0.304. The van der Waals surface area contributed by atoms with Crippen LogP contribution in [-0.2, 0) is 0 Å². The van der Waals surface area contributed by atoms with Crippen molar-refractivity contribution in [2.45, 2.75) is 13.8 Å². The maximum Gasteiger partial charge on any atom is 0.272 e. The average Bonchev–Trinajstić information content (AvgIpc) is 3.23. The summed E-state index contributed by atoms with van der Waals surface area (Å²) in [5, 5.41) is 7.31. The number of amides is 1. The smallest absolute Gasteiger partial charge is 0.272 e. The Kier molecular flexibility index (Phi) is 5.25. The number of aromatic nitrogens is 2. The van der Waals surface area contributed by atoms with E-state index in [4.69, 9.17) is 4.74 Å². The van der Waals surface area contributed by atoms with Crippen molar-refractivity contribution in [2.24, 2.45) is 0 Å². The minimum atomic E-state index is 0.00268. The van der Waals surface area contributed by atoms with Gasteiger partial charge in [-0.05, 0) is 49.7 Å². The van der Waals surface area contributed by atoms with Crippen LogP contribution in [0.2, 0.25) is 0 Å². The molecule has 1 aromatic heterocycles. The van der Waals surface area contributed by atoms with E-state index in [2.05, 4.69) is 59.3 Å². The van der Waals surface area contributed by atoms with E-state index in [1.807, 2.05) is 23.1 Å². The van der Waals surface area contributed by atoms with Gasteiger partial charge in [0.15, 0.2) is 0 Å². The first-order valence-corrected chi connectivity index (χ1v) is 9.86. The van der Waals surface area contributed by atoms with Gasteiger partial charge in [-0.15, -0.1) is 0 Å². The fourth-order valence-corrected chi connectivity index (χ4v) is 3.80. The number of piperazine rings is 1. The molecule has 4 rings (SSSR count). The molecule has 150 valence electrons. The topological polar surface area (TPSA) is 61.5 Å². The van der Waals surface area contributed by atoms with Gasteiger partial charge in [0.2, 0.25) is 0 Å². The maximum atomic E-state index is 12.9. The number of carbonyl (C=O) groups is 1. The highest BCUT2D eigenvalue weighted by Gasteiger charge is 2.24. The number of benzene rings is 2. The van der Waals surface area contributed by atoms with Crippen molar-refractivity contribution in [3.8, 4) is 17.0 Å². The summed E-state index contributed by atoms with van der Waals surface area (Å²) in [7, 11) is 1.67. The lowest BCUT2D eigenvalue weighted by Crippen LogP contribution is -2.48. The minimum absolute atomic E-state index is 0.00268. The van der Waals surface area contributed by atoms with Gasteiger partial charge >= 0.3 is 0 Å². The number of rotatable bonds is 4. The van der Waals surface area contributed by atoms with E-state index in [9.17, 15) is 4.79 Å². The Labute approximate surface area is 171 Å². The van der Waals surface area contributed by atoms with Gasteiger partial charge in [-0.25, -0.2) is 0 Å². The lowest BCUT2D eigenvalue weighted by atomic mass is 10.0. The van der Waals surface area contributed by atoms with Gasteiger partial charge in [0.05, 0.1) is 12.8 Å². The molecular formula is C23H26N4O2. The quantitative estimate of drug-likeness (QED) is 0.738. The molecule has 1 aliphatic rings. The number of methoxy groups -OCH3 is 1. The van der Waals surface area contributed by atoms with Gasteiger partial charge in [0.1, 0.15) is 11.4 Å². The molecule has 1 fully saturated rings. The van der Waals surface area contributed by atoms with Gasteiger partial charge < -0.3 is 14.5 Å².